The van der Waals surface area contributed by atoms with Crippen LogP contribution in [0.2, 0.25) is 5.02 Å². The third-order valence-electron chi connectivity index (χ3n) is 5.20. The summed E-state index contributed by atoms with van der Waals surface area (Å²) in [5, 5.41) is 0.754. The topological polar surface area (TPSA) is 53.8 Å². The highest BCUT2D eigenvalue weighted by Gasteiger charge is 2.42. The Morgan fingerprint density at radius 3 is 2.66 bits per heavy atom. The second-order valence-corrected chi connectivity index (χ2v) is 7.94. The van der Waals surface area contributed by atoms with Crippen LogP contribution >= 0.6 is 11.6 Å². The molecule has 3 aromatic rings. The molecule has 1 amide bonds. The van der Waals surface area contributed by atoms with E-state index in [1.807, 2.05) is 19.0 Å². The molecule has 150 valence electrons. The van der Waals surface area contributed by atoms with E-state index in [0.717, 1.165) is 5.56 Å². The van der Waals surface area contributed by atoms with Crippen LogP contribution in [0.3, 0.4) is 0 Å². The maximum absolute atomic E-state index is 14.0. The maximum Gasteiger partial charge on any atom is 0.290 e. The first kappa shape index (κ1) is 19.6. The van der Waals surface area contributed by atoms with Gasteiger partial charge in [-0.2, -0.15) is 0 Å². The highest BCUT2D eigenvalue weighted by molar-refractivity contribution is 6.32. The van der Waals surface area contributed by atoms with Crippen LogP contribution in [-0.2, 0) is 0 Å². The van der Waals surface area contributed by atoms with E-state index in [-0.39, 0.29) is 22.7 Å². The molecule has 2 heterocycles. The number of amides is 1. The van der Waals surface area contributed by atoms with Gasteiger partial charge in [-0.25, -0.2) is 4.39 Å². The Balaban J connectivity index is 1.97. The molecular formula is C22H20ClFN2O3. The predicted molar refractivity (Wildman–Crippen MR) is 110 cm³/mol. The van der Waals surface area contributed by atoms with E-state index in [1.54, 1.807) is 36.1 Å². The number of rotatable bonds is 4. The molecule has 0 saturated carbocycles. The first-order valence-electron chi connectivity index (χ1n) is 9.26. The zero-order chi connectivity index (χ0) is 20.9. The van der Waals surface area contributed by atoms with E-state index >= 15 is 0 Å². The van der Waals surface area contributed by atoms with Gasteiger partial charge in [-0.3, -0.25) is 9.59 Å². The number of likely N-dealkylation sites (N-methyl/N-ethyl adjacent to an activating group) is 1. The van der Waals surface area contributed by atoms with Crippen molar-refractivity contribution in [1.82, 2.24) is 9.80 Å². The molecule has 0 fully saturated rings. The number of halogens is 2. The van der Waals surface area contributed by atoms with Gasteiger partial charge < -0.3 is 14.2 Å². The standard InChI is InChI=1S/C22H20ClFN2O3/c1-12-9-17-15(11-16(12)23)20(27)18-19(13-5-4-6-14(24)10-13)26(8-7-25(2)3)22(28)21(18)29-17/h4-6,9-11,19H,7-8H2,1-3H3/t19-/m1/s1. The number of aryl methyl sites for hydroxylation is 1. The van der Waals surface area contributed by atoms with Crippen LogP contribution in [0.5, 0.6) is 0 Å². The number of hydrogen-bond donors (Lipinski definition) is 0. The Labute approximate surface area is 172 Å². The quantitative estimate of drug-likeness (QED) is 0.647. The zero-order valence-electron chi connectivity index (χ0n) is 16.3. The molecule has 0 bridgehead atoms. The monoisotopic (exact) mass is 414 g/mol. The zero-order valence-corrected chi connectivity index (χ0v) is 17.1. The average molecular weight is 415 g/mol. The van der Waals surface area contributed by atoms with Crippen molar-refractivity contribution in [1.29, 1.82) is 0 Å². The van der Waals surface area contributed by atoms with Crippen molar-refractivity contribution in [2.24, 2.45) is 0 Å². The fourth-order valence-corrected chi connectivity index (χ4v) is 3.87. The Bertz CT molecular complexity index is 1190. The van der Waals surface area contributed by atoms with Crippen LogP contribution in [0.25, 0.3) is 11.0 Å². The van der Waals surface area contributed by atoms with Crippen molar-refractivity contribution in [3.05, 3.63) is 79.9 Å². The molecule has 7 heteroatoms. The van der Waals surface area contributed by atoms with Crippen LogP contribution in [-0.4, -0.2) is 42.9 Å². The first-order valence-corrected chi connectivity index (χ1v) is 9.63. The molecule has 5 nitrogen and oxygen atoms in total. The van der Waals surface area contributed by atoms with E-state index in [1.165, 1.54) is 12.1 Å². The van der Waals surface area contributed by atoms with Crippen molar-refractivity contribution < 1.29 is 13.6 Å². The molecule has 1 aliphatic heterocycles. The fraction of sp³-hybridized carbons (Fsp3) is 0.273. The van der Waals surface area contributed by atoms with Gasteiger partial charge in [0, 0.05) is 18.1 Å². The minimum absolute atomic E-state index is 0.0113. The predicted octanol–water partition coefficient (Wildman–Crippen LogP) is 4.00. The Hall–Kier alpha value is -2.70. The van der Waals surface area contributed by atoms with Crippen molar-refractivity contribution in [3.63, 3.8) is 0 Å². The molecule has 29 heavy (non-hydrogen) atoms. The number of benzene rings is 2. The summed E-state index contributed by atoms with van der Waals surface area (Å²) in [6.45, 7) is 2.76. The van der Waals surface area contributed by atoms with Gasteiger partial charge in [0.1, 0.15) is 11.4 Å². The SMILES string of the molecule is Cc1cc2oc3c(c(=O)c2cc1Cl)[C@@H](c1cccc(F)c1)N(CCN(C)C)C3=O. The van der Waals surface area contributed by atoms with Crippen LogP contribution in [0, 0.1) is 12.7 Å². The molecule has 0 spiro atoms. The molecule has 0 N–H and O–H groups in total. The Morgan fingerprint density at radius 2 is 1.97 bits per heavy atom. The highest BCUT2D eigenvalue weighted by Crippen LogP contribution is 2.38. The first-order chi connectivity index (χ1) is 13.8. The van der Waals surface area contributed by atoms with E-state index < -0.39 is 11.9 Å². The second-order valence-electron chi connectivity index (χ2n) is 7.53. The van der Waals surface area contributed by atoms with Gasteiger partial charge in [-0.1, -0.05) is 23.7 Å². The average Bonchev–Trinajstić information content (AvgIpc) is 2.94. The van der Waals surface area contributed by atoms with Gasteiger partial charge in [-0.15, -0.1) is 0 Å². The van der Waals surface area contributed by atoms with Gasteiger partial charge in [0.25, 0.3) is 5.91 Å². The highest BCUT2D eigenvalue weighted by atomic mass is 35.5. The van der Waals surface area contributed by atoms with Gasteiger partial charge in [0.15, 0.2) is 5.43 Å². The summed E-state index contributed by atoms with van der Waals surface area (Å²) in [5.41, 5.74) is 1.50. The normalized spacial score (nSPS) is 16.1. The number of carbonyl (C=O) groups excluding carboxylic acids is 1. The largest absolute Gasteiger partial charge is 0.450 e. The Kier molecular flexibility index (Phi) is 4.92. The fourth-order valence-electron chi connectivity index (χ4n) is 3.70. The number of hydrogen-bond acceptors (Lipinski definition) is 4. The molecule has 0 unspecified atom stereocenters. The smallest absolute Gasteiger partial charge is 0.290 e. The van der Waals surface area contributed by atoms with Crippen LogP contribution in [0.4, 0.5) is 4.39 Å². The van der Waals surface area contributed by atoms with Gasteiger partial charge >= 0.3 is 0 Å². The summed E-state index contributed by atoms with van der Waals surface area (Å²) in [5.74, 6) is -0.792. The molecule has 4 rings (SSSR count). The van der Waals surface area contributed by atoms with Crippen LogP contribution < -0.4 is 5.43 Å². The minimum atomic E-state index is -0.714. The lowest BCUT2D eigenvalue weighted by atomic mass is 9.98. The van der Waals surface area contributed by atoms with E-state index in [9.17, 15) is 14.0 Å². The van der Waals surface area contributed by atoms with Crippen molar-refractivity contribution in [3.8, 4) is 0 Å². The molecule has 1 aliphatic rings. The molecule has 1 aromatic heterocycles. The third kappa shape index (κ3) is 3.32. The van der Waals surface area contributed by atoms with Crippen LogP contribution in [0.1, 0.15) is 33.3 Å². The van der Waals surface area contributed by atoms with Gasteiger partial charge in [0.05, 0.1) is 17.0 Å². The van der Waals surface area contributed by atoms with Crippen molar-refractivity contribution in [2.75, 3.05) is 27.2 Å². The van der Waals surface area contributed by atoms with Gasteiger partial charge in [-0.05, 0) is 56.4 Å². The molecular weight excluding hydrogens is 395 g/mol. The van der Waals surface area contributed by atoms with E-state index in [4.69, 9.17) is 16.0 Å². The van der Waals surface area contributed by atoms with Crippen LogP contribution in [0.15, 0.2) is 45.6 Å². The van der Waals surface area contributed by atoms with E-state index in [2.05, 4.69) is 0 Å². The summed E-state index contributed by atoms with van der Waals surface area (Å²) in [7, 11) is 3.79. The number of carbonyl (C=O) groups is 1. The lowest BCUT2D eigenvalue weighted by molar-refractivity contribution is 0.0716. The summed E-state index contributed by atoms with van der Waals surface area (Å²) >= 11 is 6.21. The second kappa shape index (κ2) is 7.28. The summed E-state index contributed by atoms with van der Waals surface area (Å²) in [6, 6.07) is 8.47. The Morgan fingerprint density at radius 1 is 1.21 bits per heavy atom. The molecule has 0 saturated heterocycles. The molecule has 2 aromatic carbocycles. The lowest BCUT2D eigenvalue weighted by Gasteiger charge is -2.26. The number of fused-ring (bicyclic) bond motifs is 2. The molecule has 0 radical (unpaired) electrons. The minimum Gasteiger partial charge on any atom is -0.450 e. The van der Waals surface area contributed by atoms with Crippen molar-refractivity contribution >= 4 is 28.5 Å². The molecule has 1 atom stereocenters. The van der Waals surface area contributed by atoms with Gasteiger partial charge in [0.2, 0.25) is 5.76 Å². The maximum atomic E-state index is 14.0. The van der Waals surface area contributed by atoms with E-state index in [0.29, 0.717) is 34.6 Å². The number of nitrogens with zero attached hydrogens (tertiary/aromatic N) is 2. The van der Waals surface area contributed by atoms with Crippen molar-refractivity contribution in [2.45, 2.75) is 13.0 Å². The molecule has 0 aliphatic carbocycles. The lowest BCUT2D eigenvalue weighted by Crippen LogP contribution is -2.35. The summed E-state index contributed by atoms with van der Waals surface area (Å²) in [4.78, 5) is 30.1. The summed E-state index contributed by atoms with van der Waals surface area (Å²) < 4.78 is 19.9. The third-order valence-corrected chi connectivity index (χ3v) is 5.61. The summed E-state index contributed by atoms with van der Waals surface area (Å²) in [6.07, 6.45) is 0.